The van der Waals surface area contributed by atoms with Crippen molar-refractivity contribution >= 4 is 60.7 Å². The van der Waals surface area contributed by atoms with Gasteiger partial charge in [-0.15, -0.1) is 0 Å². The summed E-state index contributed by atoms with van der Waals surface area (Å²) < 4.78 is 2.49. The number of hydrogen-bond donors (Lipinski definition) is 0. The molecule has 0 aliphatic heterocycles. The first-order valence-electron chi connectivity index (χ1n) is 19.2. The quantitative estimate of drug-likeness (QED) is 0.176. The van der Waals surface area contributed by atoms with E-state index in [1.165, 1.54) is 120 Å². The van der Waals surface area contributed by atoms with E-state index in [4.69, 9.17) is 0 Å². The van der Waals surface area contributed by atoms with Crippen LogP contribution < -0.4 is 4.90 Å². The molecule has 0 amide bonds. The van der Waals surface area contributed by atoms with Gasteiger partial charge in [-0.05, 0) is 113 Å². The van der Waals surface area contributed by atoms with Gasteiger partial charge in [0.05, 0.1) is 27.9 Å². The average molecular weight is 681 g/mol. The van der Waals surface area contributed by atoms with Gasteiger partial charge in [-0.3, -0.25) is 0 Å². The van der Waals surface area contributed by atoms with E-state index >= 15 is 0 Å². The van der Waals surface area contributed by atoms with Crippen molar-refractivity contribution in [1.29, 1.82) is 0 Å². The van der Waals surface area contributed by atoms with Crippen molar-refractivity contribution in [3.8, 4) is 22.3 Å². The predicted molar refractivity (Wildman–Crippen MR) is 225 cm³/mol. The molecular weight excluding hydrogens is 641 g/mol. The average Bonchev–Trinajstić information content (AvgIpc) is 3.82. The largest absolute Gasteiger partial charge is 0.309 e. The maximum atomic E-state index is 2.55. The monoisotopic (exact) mass is 680 g/mol. The standard InChI is InChI=1S/C51H40N2/c1-51(2)43-32-36(34-16-7-4-8-17-34)28-31-38(43)40-19-12-25-47(49(40)51)52(37-29-26-35(27-30-37)33-14-5-3-6-15-33)45-23-13-24-46-48(45)42-21-11-20-41-39-18-9-10-22-44(39)53(46)50(41)42/h3,5-6,9-16,18-32H,4,7-8,17H2,1-2H3. The van der Waals surface area contributed by atoms with Crippen molar-refractivity contribution in [1.82, 2.24) is 4.40 Å². The SMILES string of the molecule is CC1(C)c2cc(C3=CCCCC3)ccc2-c2cccc(N(c3ccc(-c4ccccc4)cc3)c3cccc4c3c3cccc5c6ccccc6n4c53)c21. The lowest BCUT2D eigenvalue weighted by Crippen LogP contribution is -2.21. The molecule has 2 aromatic heterocycles. The number of hydrogen-bond acceptors (Lipinski definition) is 1. The minimum absolute atomic E-state index is 0.200. The van der Waals surface area contributed by atoms with Gasteiger partial charge in [-0.25, -0.2) is 0 Å². The van der Waals surface area contributed by atoms with Crippen LogP contribution in [0.3, 0.4) is 0 Å². The Hall–Kier alpha value is -6.12. The highest BCUT2D eigenvalue weighted by Gasteiger charge is 2.39. The first-order valence-corrected chi connectivity index (χ1v) is 19.2. The summed E-state index contributed by atoms with van der Waals surface area (Å²) in [5.41, 5.74) is 18.0. The van der Waals surface area contributed by atoms with Gasteiger partial charge < -0.3 is 9.30 Å². The summed E-state index contributed by atoms with van der Waals surface area (Å²) >= 11 is 0. The molecule has 7 aromatic carbocycles. The minimum Gasteiger partial charge on any atom is -0.309 e. The van der Waals surface area contributed by atoms with E-state index in [9.17, 15) is 0 Å². The number of para-hydroxylation sites is 2. The maximum absolute atomic E-state index is 2.55. The van der Waals surface area contributed by atoms with Gasteiger partial charge in [0, 0.05) is 32.6 Å². The number of nitrogens with zero attached hydrogens (tertiary/aromatic N) is 2. The van der Waals surface area contributed by atoms with Crippen molar-refractivity contribution < 1.29 is 0 Å². The van der Waals surface area contributed by atoms with Crippen LogP contribution in [0.2, 0.25) is 0 Å². The fourth-order valence-corrected chi connectivity index (χ4v) is 9.83. The maximum Gasteiger partial charge on any atom is 0.0621 e. The molecule has 254 valence electrons. The first kappa shape index (κ1) is 30.5. The molecule has 53 heavy (non-hydrogen) atoms. The zero-order valence-electron chi connectivity index (χ0n) is 30.2. The minimum atomic E-state index is -0.200. The summed E-state index contributed by atoms with van der Waals surface area (Å²) in [6, 6.07) is 56.7. The van der Waals surface area contributed by atoms with Crippen LogP contribution >= 0.6 is 0 Å². The Kier molecular flexibility index (Phi) is 6.58. The van der Waals surface area contributed by atoms with Crippen LogP contribution in [-0.2, 0) is 5.41 Å². The van der Waals surface area contributed by atoms with E-state index in [0.717, 1.165) is 5.69 Å². The number of allylic oxidation sites excluding steroid dienone is 2. The van der Waals surface area contributed by atoms with Crippen LogP contribution in [0.1, 0.15) is 56.2 Å². The summed E-state index contributed by atoms with van der Waals surface area (Å²) in [4.78, 5) is 2.55. The summed E-state index contributed by atoms with van der Waals surface area (Å²) in [5.74, 6) is 0. The Labute approximate surface area is 310 Å². The lowest BCUT2D eigenvalue weighted by molar-refractivity contribution is 0.660. The Morgan fingerprint density at radius 2 is 1.25 bits per heavy atom. The Balaban J connectivity index is 1.17. The molecule has 2 aliphatic carbocycles. The lowest BCUT2D eigenvalue weighted by Gasteiger charge is -2.33. The Bertz CT molecular complexity index is 2910. The van der Waals surface area contributed by atoms with Crippen LogP contribution in [0, 0.1) is 0 Å². The van der Waals surface area contributed by atoms with Gasteiger partial charge in [0.1, 0.15) is 0 Å². The van der Waals surface area contributed by atoms with Crippen molar-refractivity contribution in [3.05, 3.63) is 174 Å². The van der Waals surface area contributed by atoms with Gasteiger partial charge in [-0.1, -0.05) is 129 Å². The van der Waals surface area contributed by atoms with Gasteiger partial charge in [0.25, 0.3) is 0 Å². The number of aromatic nitrogens is 1. The molecule has 0 spiro atoms. The number of anilines is 3. The van der Waals surface area contributed by atoms with Crippen LogP contribution in [-0.4, -0.2) is 4.40 Å². The highest BCUT2D eigenvalue weighted by atomic mass is 15.2. The van der Waals surface area contributed by atoms with Gasteiger partial charge in [0.2, 0.25) is 0 Å². The molecule has 0 saturated heterocycles. The van der Waals surface area contributed by atoms with Crippen LogP contribution in [0.25, 0.3) is 65.9 Å². The predicted octanol–water partition coefficient (Wildman–Crippen LogP) is 14.2. The molecule has 0 unspecified atom stereocenters. The lowest BCUT2D eigenvalue weighted by atomic mass is 9.80. The van der Waals surface area contributed by atoms with Crippen LogP contribution in [0.15, 0.2) is 158 Å². The van der Waals surface area contributed by atoms with E-state index in [-0.39, 0.29) is 5.41 Å². The van der Waals surface area contributed by atoms with Gasteiger partial charge in [0.15, 0.2) is 0 Å². The van der Waals surface area contributed by atoms with Crippen molar-refractivity contribution in [2.75, 3.05) is 4.90 Å². The molecule has 2 nitrogen and oxygen atoms in total. The second kappa shape index (κ2) is 11.4. The Morgan fingerprint density at radius 1 is 0.547 bits per heavy atom. The molecule has 0 N–H and O–H groups in total. The third kappa shape index (κ3) is 4.39. The van der Waals surface area contributed by atoms with E-state index in [1.54, 1.807) is 0 Å². The zero-order chi connectivity index (χ0) is 35.3. The molecule has 0 radical (unpaired) electrons. The second-order valence-electron chi connectivity index (χ2n) is 15.5. The molecule has 11 rings (SSSR count). The fraction of sp³-hybridized carbons (Fsp3) is 0.137. The number of rotatable bonds is 5. The number of benzene rings is 7. The van der Waals surface area contributed by atoms with Crippen molar-refractivity contribution in [2.24, 2.45) is 0 Å². The smallest absolute Gasteiger partial charge is 0.0621 e. The van der Waals surface area contributed by atoms with Crippen LogP contribution in [0.5, 0.6) is 0 Å². The van der Waals surface area contributed by atoms with Gasteiger partial charge in [-0.2, -0.15) is 0 Å². The normalized spacial score (nSPS) is 14.9. The third-order valence-corrected chi connectivity index (χ3v) is 12.3. The zero-order valence-corrected chi connectivity index (χ0v) is 30.2. The molecule has 2 heterocycles. The molecule has 2 aliphatic rings. The molecule has 9 aromatic rings. The summed E-state index contributed by atoms with van der Waals surface area (Å²) in [6.45, 7) is 4.87. The van der Waals surface area contributed by atoms with Crippen molar-refractivity contribution in [3.63, 3.8) is 0 Å². The molecular formula is C51H40N2. The second-order valence-corrected chi connectivity index (χ2v) is 15.5. The molecule has 2 heteroatoms. The van der Waals surface area contributed by atoms with E-state index in [1.807, 2.05) is 0 Å². The number of fused-ring (bicyclic) bond motifs is 9. The highest BCUT2D eigenvalue weighted by Crippen LogP contribution is 2.56. The summed E-state index contributed by atoms with van der Waals surface area (Å²) in [7, 11) is 0. The van der Waals surface area contributed by atoms with E-state index < -0.39 is 0 Å². The third-order valence-electron chi connectivity index (χ3n) is 12.3. The molecule has 0 atom stereocenters. The van der Waals surface area contributed by atoms with Gasteiger partial charge >= 0.3 is 0 Å². The van der Waals surface area contributed by atoms with E-state index in [0.29, 0.717) is 0 Å². The summed E-state index contributed by atoms with van der Waals surface area (Å²) in [5, 5.41) is 5.18. The molecule has 0 fully saturated rings. The topological polar surface area (TPSA) is 7.65 Å². The van der Waals surface area contributed by atoms with Crippen molar-refractivity contribution in [2.45, 2.75) is 44.9 Å². The fourth-order valence-electron chi connectivity index (χ4n) is 9.83. The molecule has 0 saturated carbocycles. The first-order chi connectivity index (χ1) is 26.1. The Morgan fingerprint density at radius 3 is 2.09 bits per heavy atom. The summed E-state index contributed by atoms with van der Waals surface area (Å²) in [6.07, 6.45) is 7.42. The highest BCUT2D eigenvalue weighted by molar-refractivity contribution is 6.26. The van der Waals surface area contributed by atoms with Crippen LogP contribution in [0.4, 0.5) is 17.1 Å². The molecule has 0 bridgehead atoms. The van der Waals surface area contributed by atoms with E-state index in [2.05, 4.69) is 181 Å².